The maximum atomic E-state index is 4.09. The number of amidine groups is 1. The fraction of sp³-hybridized carbons (Fsp3) is 0.0625. The molecule has 5 heteroatoms. The van der Waals surface area contributed by atoms with Gasteiger partial charge in [0.05, 0.1) is 5.70 Å². The number of nitrogens with zero attached hydrogens (tertiary/aromatic N) is 1. The summed E-state index contributed by atoms with van der Waals surface area (Å²) in [7, 11) is 1.77. The van der Waals surface area contributed by atoms with Crippen LogP contribution >= 0.6 is 28.7 Å². The van der Waals surface area contributed by atoms with E-state index in [0.29, 0.717) is 0 Å². The topological polar surface area (TPSA) is 36.4 Å². The highest BCUT2D eigenvalue weighted by molar-refractivity contribution is 8.93. The van der Waals surface area contributed by atoms with Crippen molar-refractivity contribution in [3.8, 4) is 11.1 Å². The zero-order chi connectivity index (χ0) is 13.8. The summed E-state index contributed by atoms with van der Waals surface area (Å²) in [6.07, 6.45) is 0. The van der Waals surface area contributed by atoms with Crippen LogP contribution in [-0.4, -0.2) is 12.2 Å². The fourth-order valence-corrected chi connectivity index (χ4v) is 2.66. The fourth-order valence-electron chi connectivity index (χ4n) is 2.02. The molecule has 108 valence electrons. The van der Waals surface area contributed by atoms with E-state index >= 15 is 0 Å². The lowest BCUT2D eigenvalue weighted by Gasteiger charge is -2.18. The third-order valence-corrected chi connectivity index (χ3v) is 3.96. The van der Waals surface area contributed by atoms with Gasteiger partial charge in [-0.05, 0) is 16.7 Å². The maximum absolute atomic E-state index is 4.09. The number of hydrogen-bond acceptors (Lipinski definition) is 3. The zero-order valence-electron chi connectivity index (χ0n) is 11.5. The lowest BCUT2D eigenvalue weighted by atomic mass is 10.0. The van der Waals surface area contributed by atoms with E-state index in [-0.39, 0.29) is 17.0 Å². The molecule has 2 aromatic carbocycles. The summed E-state index contributed by atoms with van der Waals surface area (Å²) < 4.78 is 0. The van der Waals surface area contributed by atoms with Crippen molar-refractivity contribution in [2.75, 3.05) is 7.05 Å². The van der Waals surface area contributed by atoms with Gasteiger partial charge in [-0.15, -0.1) is 17.0 Å². The molecule has 0 amide bonds. The number of aliphatic imine (C=N–C) groups is 1. The van der Waals surface area contributed by atoms with Gasteiger partial charge in [0.1, 0.15) is 0 Å². The van der Waals surface area contributed by atoms with Gasteiger partial charge < -0.3 is 0 Å². The Balaban J connectivity index is 0.00000161. The molecular formula is C16H16BrN3S. The van der Waals surface area contributed by atoms with Gasteiger partial charge in [0, 0.05) is 12.5 Å². The van der Waals surface area contributed by atoms with Crippen LogP contribution in [0, 0.1) is 0 Å². The SMILES string of the molecule is Br.CN=C1NNC(c2ccc(-c3ccccc3)cc2)=CS1. The summed E-state index contributed by atoms with van der Waals surface area (Å²) in [6, 6.07) is 18.9. The van der Waals surface area contributed by atoms with Gasteiger partial charge in [0.15, 0.2) is 5.17 Å². The number of hydrazine groups is 1. The second-order valence-electron chi connectivity index (χ2n) is 4.37. The predicted octanol–water partition coefficient (Wildman–Crippen LogP) is 4.06. The van der Waals surface area contributed by atoms with E-state index in [9.17, 15) is 0 Å². The molecule has 0 saturated carbocycles. The van der Waals surface area contributed by atoms with Gasteiger partial charge in [-0.1, -0.05) is 66.4 Å². The molecule has 0 saturated heterocycles. The van der Waals surface area contributed by atoms with Gasteiger partial charge >= 0.3 is 0 Å². The molecule has 3 rings (SSSR count). The Morgan fingerprint density at radius 3 is 2.00 bits per heavy atom. The molecule has 0 radical (unpaired) electrons. The van der Waals surface area contributed by atoms with E-state index in [2.05, 4.69) is 69.8 Å². The van der Waals surface area contributed by atoms with Crippen LogP contribution < -0.4 is 10.9 Å². The van der Waals surface area contributed by atoms with E-state index in [1.54, 1.807) is 18.8 Å². The molecule has 1 heterocycles. The minimum Gasteiger partial charge on any atom is -0.298 e. The zero-order valence-corrected chi connectivity index (χ0v) is 14.1. The first kappa shape index (κ1) is 15.7. The van der Waals surface area contributed by atoms with Crippen molar-refractivity contribution >= 4 is 39.6 Å². The Bertz CT molecular complexity index is 651. The summed E-state index contributed by atoms with van der Waals surface area (Å²) in [5.74, 6) is 0. The Hall–Kier alpha value is -1.72. The van der Waals surface area contributed by atoms with Crippen LogP contribution in [0.4, 0.5) is 0 Å². The van der Waals surface area contributed by atoms with Gasteiger partial charge in [-0.2, -0.15) is 0 Å². The second kappa shape index (κ2) is 7.33. The number of hydrogen-bond donors (Lipinski definition) is 2. The molecule has 2 aromatic rings. The van der Waals surface area contributed by atoms with Gasteiger partial charge in [-0.3, -0.25) is 15.8 Å². The summed E-state index contributed by atoms with van der Waals surface area (Å²) >= 11 is 1.58. The van der Waals surface area contributed by atoms with Gasteiger partial charge in [0.25, 0.3) is 0 Å². The normalized spacial score (nSPS) is 15.5. The van der Waals surface area contributed by atoms with Gasteiger partial charge in [-0.25, -0.2) is 0 Å². The molecule has 0 bridgehead atoms. The van der Waals surface area contributed by atoms with Crippen molar-refractivity contribution in [1.29, 1.82) is 0 Å². The summed E-state index contributed by atoms with van der Waals surface area (Å²) in [5.41, 5.74) is 10.9. The average Bonchev–Trinajstić information content (AvgIpc) is 2.56. The molecule has 1 aliphatic heterocycles. The van der Waals surface area contributed by atoms with Crippen molar-refractivity contribution in [1.82, 2.24) is 10.9 Å². The van der Waals surface area contributed by atoms with Crippen LogP contribution in [0.2, 0.25) is 0 Å². The number of rotatable bonds is 2. The van der Waals surface area contributed by atoms with Crippen LogP contribution in [0.1, 0.15) is 5.56 Å². The third-order valence-electron chi connectivity index (χ3n) is 3.10. The minimum atomic E-state index is 0. The molecule has 21 heavy (non-hydrogen) atoms. The molecule has 0 unspecified atom stereocenters. The molecule has 0 spiro atoms. The summed E-state index contributed by atoms with van der Waals surface area (Å²) in [5, 5.41) is 2.94. The number of thioether (sulfide) groups is 1. The van der Waals surface area contributed by atoms with Crippen LogP contribution in [-0.2, 0) is 0 Å². The van der Waals surface area contributed by atoms with Crippen molar-refractivity contribution in [3.63, 3.8) is 0 Å². The average molecular weight is 362 g/mol. The highest BCUT2D eigenvalue weighted by Crippen LogP contribution is 2.23. The van der Waals surface area contributed by atoms with Crippen molar-refractivity contribution in [2.24, 2.45) is 4.99 Å². The van der Waals surface area contributed by atoms with E-state index in [0.717, 1.165) is 16.4 Å². The monoisotopic (exact) mass is 361 g/mol. The summed E-state index contributed by atoms with van der Waals surface area (Å²) in [6.45, 7) is 0. The van der Waals surface area contributed by atoms with Gasteiger partial charge in [0.2, 0.25) is 0 Å². The molecule has 0 aromatic heterocycles. The number of nitrogens with one attached hydrogen (secondary N) is 2. The van der Waals surface area contributed by atoms with E-state index < -0.39 is 0 Å². The molecule has 3 nitrogen and oxygen atoms in total. The Kier molecular flexibility index (Phi) is 5.47. The predicted molar refractivity (Wildman–Crippen MR) is 97.4 cm³/mol. The lowest BCUT2D eigenvalue weighted by Crippen LogP contribution is -2.36. The smallest absolute Gasteiger partial charge is 0.179 e. The third kappa shape index (κ3) is 3.68. The standard InChI is InChI=1S/C16H15N3S.BrH/c1-17-16-19-18-15(11-20-16)14-9-7-13(8-10-14)12-5-3-2-4-6-12;/h2-11,18H,1H3,(H,17,19);1H. The quantitative estimate of drug-likeness (QED) is 0.846. The Labute approximate surface area is 139 Å². The van der Waals surface area contributed by atoms with Crippen LogP contribution in [0.15, 0.2) is 65.0 Å². The number of benzene rings is 2. The maximum Gasteiger partial charge on any atom is 0.179 e. The Morgan fingerprint density at radius 1 is 0.810 bits per heavy atom. The first-order chi connectivity index (χ1) is 9.86. The molecule has 0 aliphatic carbocycles. The molecule has 1 aliphatic rings. The highest BCUT2D eigenvalue weighted by Gasteiger charge is 2.09. The van der Waals surface area contributed by atoms with Crippen LogP contribution in [0.25, 0.3) is 16.8 Å². The number of halogens is 1. The first-order valence-corrected chi connectivity index (χ1v) is 7.26. The highest BCUT2D eigenvalue weighted by atomic mass is 79.9. The van der Waals surface area contributed by atoms with Crippen LogP contribution in [0.5, 0.6) is 0 Å². The lowest BCUT2D eigenvalue weighted by molar-refractivity contribution is 0.847. The van der Waals surface area contributed by atoms with Crippen molar-refractivity contribution in [2.45, 2.75) is 0 Å². The van der Waals surface area contributed by atoms with Crippen molar-refractivity contribution in [3.05, 3.63) is 65.6 Å². The Morgan fingerprint density at radius 2 is 1.43 bits per heavy atom. The van der Waals surface area contributed by atoms with E-state index in [1.165, 1.54) is 11.1 Å². The second-order valence-corrected chi connectivity index (χ2v) is 5.23. The van der Waals surface area contributed by atoms with E-state index in [1.807, 2.05) is 6.07 Å². The summed E-state index contributed by atoms with van der Waals surface area (Å²) in [4.78, 5) is 4.09. The molecule has 2 N–H and O–H groups in total. The minimum absolute atomic E-state index is 0. The van der Waals surface area contributed by atoms with E-state index in [4.69, 9.17) is 0 Å². The molecule has 0 fully saturated rings. The first-order valence-electron chi connectivity index (χ1n) is 6.38. The largest absolute Gasteiger partial charge is 0.298 e. The molecular weight excluding hydrogens is 346 g/mol. The van der Waals surface area contributed by atoms with Crippen molar-refractivity contribution < 1.29 is 0 Å². The molecule has 0 atom stereocenters. The van der Waals surface area contributed by atoms with Crippen LogP contribution in [0.3, 0.4) is 0 Å².